The molecule has 0 fully saturated rings. The average Bonchev–Trinajstić information content (AvgIpc) is 3.32. The summed E-state index contributed by atoms with van der Waals surface area (Å²) in [5, 5.41) is 23.9. The maximum absolute atomic E-state index is 13.3. The Labute approximate surface area is 416 Å². The van der Waals surface area contributed by atoms with Crippen molar-refractivity contribution >= 4 is 11.9 Å². The minimum Gasteiger partial charge on any atom is -0.462 e. The zero-order valence-electron chi connectivity index (χ0n) is 44.8. The Morgan fingerprint density at radius 2 is 0.776 bits per heavy atom. The van der Waals surface area contributed by atoms with Crippen molar-refractivity contribution in [3.05, 3.63) is 48.6 Å². The van der Waals surface area contributed by atoms with Gasteiger partial charge in [-0.3, -0.25) is 9.59 Å². The molecule has 0 bridgehead atoms. The number of aliphatic hydroxyl groups excluding tert-OH is 2. The fourth-order valence-electron chi connectivity index (χ4n) is 8.95. The molecule has 0 aromatic carbocycles. The summed E-state index contributed by atoms with van der Waals surface area (Å²) in [6, 6.07) is -0.718. The third kappa shape index (κ3) is 50.0. The second-order valence-corrected chi connectivity index (χ2v) is 20.1. The summed E-state index contributed by atoms with van der Waals surface area (Å²) >= 11 is 0. The Kier molecular flexibility index (Phi) is 53.0. The first-order chi connectivity index (χ1) is 33.0. The van der Waals surface area contributed by atoms with Crippen LogP contribution in [-0.2, 0) is 14.3 Å². The van der Waals surface area contributed by atoms with Crippen LogP contribution in [0.25, 0.3) is 0 Å². The molecule has 3 N–H and O–H groups in total. The third-order valence-corrected chi connectivity index (χ3v) is 13.4. The van der Waals surface area contributed by atoms with Crippen molar-refractivity contribution in [3.8, 4) is 0 Å². The molecule has 0 rings (SSSR count). The molecule has 67 heavy (non-hydrogen) atoms. The number of amides is 1. The van der Waals surface area contributed by atoms with Gasteiger partial charge in [0.25, 0.3) is 0 Å². The van der Waals surface area contributed by atoms with E-state index in [9.17, 15) is 19.8 Å². The molecule has 0 aromatic rings. The smallest absolute Gasteiger partial charge is 0.306 e. The van der Waals surface area contributed by atoms with Crippen molar-refractivity contribution in [1.29, 1.82) is 0 Å². The molecule has 0 saturated carbocycles. The number of esters is 1. The highest BCUT2D eigenvalue weighted by Gasteiger charge is 2.24. The Morgan fingerprint density at radius 1 is 0.433 bits per heavy atom. The summed E-state index contributed by atoms with van der Waals surface area (Å²) in [5.74, 6) is -0.514. The number of aliphatic hydroxyl groups is 2. The molecule has 0 heterocycles. The van der Waals surface area contributed by atoms with E-state index in [2.05, 4.69) is 74.7 Å². The lowest BCUT2D eigenvalue weighted by atomic mass is 10.0. The number of carbonyl (C=O) groups is 2. The molecular formula is C61H113NO5. The van der Waals surface area contributed by atoms with Gasteiger partial charge in [0.2, 0.25) is 5.91 Å². The summed E-state index contributed by atoms with van der Waals surface area (Å²) in [4.78, 5) is 26.3. The van der Waals surface area contributed by atoms with Gasteiger partial charge in [-0.2, -0.15) is 0 Å². The second kappa shape index (κ2) is 54.8. The molecule has 0 spiro atoms. The molecule has 6 heteroatoms. The van der Waals surface area contributed by atoms with Crippen molar-refractivity contribution in [3.63, 3.8) is 0 Å². The number of hydrogen-bond donors (Lipinski definition) is 3. The van der Waals surface area contributed by atoms with E-state index >= 15 is 0 Å². The number of carbonyl (C=O) groups excluding carboxylic acids is 2. The number of rotatable bonds is 53. The highest BCUT2D eigenvalue weighted by Crippen LogP contribution is 2.18. The molecule has 0 aliphatic heterocycles. The van der Waals surface area contributed by atoms with Gasteiger partial charge >= 0.3 is 5.97 Å². The van der Waals surface area contributed by atoms with Gasteiger partial charge in [0, 0.05) is 6.42 Å². The van der Waals surface area contributed by atoms with Crippen LogP contribution < -0.4 is 5.32 Å². The van der Waals surface area contributed by atoms with Gasteiger partial charge < -0.3 is 20.3 Å². The molecular weight excluding hydrogens is 827 g/mol. The fraction of sp³-hybridized carbons (Fsp3) is 0.836. The molecule has 0 radical (unpaired) electrons. The zero-order valence-corrected chi connectivity index (χ0v) is 44.8. The Morgan fingerprint density at radius 3 is 1.18 bits per heavy atom. The van der Waals surface area contributed by atoms with Crippen LogP contribution in [0.2, 0.25) is 0 Å². The van der Waals surface area contributed by atoms with Crippen LogP contribution in [-0.4, -0.2) is 46.9 Å². The Balaban J connectivity index is 4.61. The number of ether oxygens (including phenoxy) is 1. The molecule has 6 nitrogen and oxygen atoms in total. The van der Waals surface area contributed by atoms with Gasteiger partial charge in [0.05, 0.1) is 25.2 Å². The summed E-state index contributed by atoms with van der Waals surface area (Å²) in [7, 11) is 0. The van der Waals surface area contributed by atoms with E-state index in [0.29, 0.717) is 19.3 Å². The van der Waals surface area contributed by atoms with E-state index < -0.39 is 18.2 Å². The van der Waals surface area contributed by atoms with E-state index in [1.807, 2.05) is 0 Å². The maximum atomic E-state index is 13.3. The minimum absolute atomic E-state index is 0.0431. The first-order valence-corrected chi connectivity index (χ1v) is 29.4. The quantitative estimate of drug-likeness (QED) is 0.0321. The third-order valence-electron chi connectivity index (χ3n) is 13.4. The average molecular weight is 941 g/mol. The number of hydrogen-bond acceptors (Lipinski definition) is 5. The van der Waals surface area contributed by atoms with Crippen molar-refractivity contribution in [2.45, 2.75) is 322 Å². The van der Waals surface area contributed by atoms with Crippen LogP contribution in [0.5, 0.6) is 0 Å². The molecule has 1 amide bonds. The zero-order chi connectivity index (χ0) is 48.8. The lowest BCUT2D eigenvalue weighted by molar-refractivity contribution is -0.151. The van der Waals surface area contributed by atoms with Gasteiger partial charge in [0.15, 0.2) is 0 Å². The fourth-order valence-corrected chi connectivity index (χ4v) is 8.95. The highest BCUT2D eigenvalue weighted by molar-refractivity contribution is 5.77. The summed E-state index contributed by atoms with van der Waals surface area (Å²) in [6.45, 7) is 6.47. The van der Waals surface area contributed by atoms with Gasteiger partial charge in [-0.1, -0.05) is 275 Å². The van der Waals surface area contributed by atoms with Crippen molar-refractivity contribution in [1.82, 2.24) is 5.32 Å². The van der Waals surface area contributed by atoms with E-state index in [0.717, 1.165) is 70.6 Å². The normalized spacial score (nSPS) is 13.4. The van der Waals surface area contributed by atoms with Crippen LogP contribution >= 0.6 is 0 Å². The van der Waals surface area contributed by atoms with Crippen LogP contribution in [0, 0.1) is 0 Å². The summed E-state index contributed by atoms with van der Waals surface area (Å²) in [5.41, 5.74) is 0. The standard InChI is InChI=1S/C61H113NO5/c1-4-7-10-13-16-19-22-25-28-30-32-34-37-40-43-46-49-52-57(67-61(66)54-51-48-45-42-39-36-27-24-21-18-15-12-9-6-3)55-60(65)62-58(56-63)59(64)53-50-47-44-41-38-35-33-31-29-26-23-20-17-14-11-8-5-2/h16,19,25,28,32,34,40,43,57-59,63-64H,4-15,17-18,20-24,26-27,29-31,33,35-39,41-42,44-56H2,1-3H3,(H,62,65)/b19-16-,28-25-,34-32-,43-40-. The molecule has 0 saturated heterocycles. The molecule has 0 aliphatic rings. The number of allylic oxidation sites excluding steroid dienone is 8. The predicted molar refractivity (Wildman–Crippen MR) is 292 cm³/mol. The maximum Gasteiger partial charge on any atom is 0.306 e. The lowest BCUT2D eigenvalue weighted by Crippen LogP contribution is -2.46. The SMILES string of the molecule is CCCCC/C=C\C/C=C\C/C=C\C/C=C\CCCC(CC(=O)NC(CO)C(O)CCCCCCCCCCCCCCCCCCC)OC(=O)CCCCCCCCCCCCCCCC. The Hall–Kier alpha value is -2.18. The molecule has 3 atom stereocenters. The highest BCUT2D eigenvalue weighted by atomic mass is 16.5. The molecule has 0 aliphatic carbocycles. The molecule has 392 valence electrons. The van der Waals surface area contributed by atoms with Crippen LogP contribution in [0.4, 0.5) is 0 Å². The van der Waals surface area contributed by atoms with Gasteiger partial charge in [-0.15, -0.1) is 0 Å². The van der Waals surface area contributed by atoms with Gasteiger partial charge in [0.1, 0.15) is 6.10 Å². The number of nitrogens with one attached hydrogen (secondary N) is 1. The number of unbranched alkanes of at least 4 members (excludes halogenated alkanes) is 33. The summed E-state index contributed by atoms with van der Waals surface area (Å²) in [6.07, 6.45) is 67.5. The van der Waals surface area contributed by atoms with E-state index in [-0.39, 0.29) is 24.9 Å². The molecule has 0 aromatic heterocycles. The van der Waals surface area contributed by atoms with Crippen molar-refractivity contribution in [2.75, 3.05) is 6.61 Å². The van der Waals surface area contributed by atoms with Crippen LogP contribution in [0.3, 0.4) is 0 Å². The largest absolute Gasteiger partial charge is 0.462 e. The Bertz CT molecular complexity index is 1150. The van der Waals surface area contributed by atoms with Crippen molar-refractivity contribution in [2.24, 2.45) is 0 Å². The topological polar surface area (TPSA) is 95.9 Å². The van der Waals surface area contributed by atoms with Gasteiger partial charge in [-0.05, 0) is 64.2 Å². The predicted octanol–water partition coefficient (Wildman–Crippen LogP) is 18.2. The van der Waals surface area contributed by atoms with Crippen LogP contribution in [0.15, 0.2) is 48.6 Å². The van der Waals surface area contributed by atoms with E-state index in [1.165, 1.54) is 186 Å². The first kappa shape index (κ1) is 64.8. The monoisotopic (exact) mass is 940 g/mol. The first-order valence-electron chi connectivity index (χ1n) is 29.4. The van der Waals surface area contributed by atoms with Crippen molar-refractivity contribution < 1.29 is 24.5 Å². The van der Waals surface area contributed by atoms with Gasteiger partial charge in [-0.25, -0.2) is 0 Å². The lowest BCUT2D eigenvalue weighted by Gasteiger charge is -2.24. The minimum atomic E-state index is -0.802. The second-order valence-electron chi connectivity index (χ2n) is 20.1. The molecule has 3 unspecified atom stereocenters. The van der Waals surface area contributed by atoms with E-state index in [1.54, 1.807) is 0 Å². The van der Waals surface area contributed by atoms with E-state index in [4.69, 9.17) is 4.74 Å². The van der Waals surface area contributed by atoms with Crippen LogP contribution in [0.1, 0.15) is 303 Å². The summed E-state index contributed by atoms with van der Waals surface area (Å²) < 4.78 is 5.94.